The monoisotopic (exact) mass is 551 g/mol. The van der Waals surface area contributed by atoms with Gasteiger partial charge < -0.3 is 15.0 Å². The third-order valence-corrected chi connectivity index (χ3v) is 7.58. The number of halogens is 1. The van der Waals surface area contributed by atoms with Crippen molar-refractivity contribution in [3.05, 3.63) is 58.6 Å². The van der Waals surface area contributed by atoms with E-state index in [1.807, 2.05) is 45.0 Å². The highest BCUT2D eigenvalue weighted by Crippen LogP contribution is 2.28. The zero-order valence-corrected chi connectivity index (χ0v) is 24.0. The molecule has 2 aromatic rings. The smallest absolute Gasteiger partial charge is 0.243 e. The van der Waals surface area contributed by atoms with Crippen molar-refractivity contribution < 1.29 is 22.7 Å². The molecule has 0 aromatic heterocycles. The fraction of sp³-hybridized carbons (Fsp3) is 0.481. The second-order valence-corrected chi connectivity index (χ2v) is 11.6. The Morgan fingerprint density at radius 3 is 2.30 bits per heavy atom. The average Bonchev–Trinajstić information content (AvgIpc) is 2.83. The molecular weight excluding hydrogens is 514 g/mol. The highest BCUT2D eigenvalue weighted by Gasteiger charge is 2.29. The lowest BCUT2D eigenvalue weighted by molar-refractivity contribution is -0.141. The van der Waals surface area contributed by atoms with Gasteiger partial charge in [0.25, 0.3) is 0 Å². The van der Waals surface area contributed by atoms with Crippen LogP contribution >= 0.6 is 11.6 Å². The topological polar surface area (TPSA) is 96.0 Å². The summed E-state index contributed by atoms with van der Waals surface area (Å²) in [6.45, 7) is 7.73. The Kier molecular flexibility index (Phi) is 11.3. The summed E-state index contributed by atoms with van der Waals surface area (Å²) in [5, 5.41) is 3.37. The Morgan fingerprint density at radius 2 is 1.76 bits per heavy atom. The largest absolute Gasteiger partial charge is 0.497 e. The second kappa shape index (κ2) is 13.7. The van der Waals surface area contributed by atoms with Crippen LogP contribution in [0.25, 0.3) is 0 Å². The number of carbonyl (C=O) groups is 2. The normalized spacial score (nSPS) is 12.2. The maximum absolute atomic E-state index is 13.5. The fourth-order valence-electron chi connectivity index (χ4n) is 4.08. The van der Waals surface area contributed by atoms with E-state index in [0.717, 1.165) is 11.8 Å². The quantitative estimate of drug-likeness (QED) is 0.394. The number of rotatable bonds is 13. The van der Waals surface area contributed by atoms with Crippen LogP contribution in [0.2, 0.25) is 5.02 Å². The molecule has 0 saturated carbocycles. The van der Waals surface area contributed by atoms with Gasteiger partial charge in [-0.05, 0) is 69.0 Å². The van der Waals surface area contributed by atoms with Crippen molar-refractivity contribution in [2.75, 3.05) is 24.2 Å². The number of carbonyl (C=O) groups excluding carboxylic acids is 2. The maximum Gasteiger partial charge on any atom is 0.243 e. The predicted octanol–water partition coefficient (Wildman–Crippen LogP) is 4.54. The minimum atomic E-state index is -3.60. The molecule has 2 aromatic carbocycles. The molecule has 2 amide bonds. The Bertz CT molecular complexity index is 1170. The molecule has 0 fully saturated rings. The van der Waals surface area contributed by atoms with Crippen LogP contribution < -0.4 is 14.4 Å². The van der Waals surface area contributed by atoms with Gasteiger partial charge in [-0.1, -0.05) is 36.7 Å². The highest BCUT2D eigenvalue weighted by atomic mass is 35.5. The molecule has 204 valence electrons. The number of hydrogen-bond acceptors (Lipinski definition) is 5. The summed E-state index contributed by atoms with van der Waals surface area (Å²) in [7, 11) is -2.02. The number of methoxy groups -OCH3 is 1. The van der Waals surface area contributed by atoms with Gasteiger partial charge in [-0.15, -0.1) is 0 Å². The summed E-state index contributed by atoms with van der Waals surface area (Å²) in [5.41, 5.74) is 2.00. The van der Waals surface area contributed by atoms with Crippen LogP contribution in [0, 0.1) is 6.92 Å². The summed E-state index contributed by atoms with van der Waals surface area (Å²) >= 11 is 6.22. The van der Waals surface area contributed by atoms with E-state index in [0.29, 0.717) is 28.4 Å². The van der Waals surface area contributed by atoms with Crippen LogP contribution in [-0.2, 0) is 26.2 Å². The van der Waals surface area contributed by atoms with E-state index in [4.69, 9.17) is 16.3 Å². The number of ether oxygens (including phenoxy) is 1. The van der Waals surface area contributed by atoms with E-state index >= 15 is 0 Å². The SMILES string of the molecule is CC[C@H](C(=O)NC(C)C)N(Cc1ccc(OC)cc1)C(=O)CCCN(c1cccc(Cl)c1C)S(C)(=O)=O. The molecule has 0 aliphatic heterocycles. The lowest BCUT2D eigenvalue weighted by atomic mass is 10.1. The van der Waals surface area contributed by atoms with E-state index in [9.17, 15) is 18.0 Å². The van der Waals surface area contributed by atoms with Gasteiger partial charge in [0.15, 0.2) is 0 Å². The molecule has 0 saturated heterocycles. The van der Waals surface area contributed by atoms with Crippen molar-refractivity contribution in [1.29, 1.82) is 0 Å². The predicted molar refractivity (Wildman–Crippen MR) is 149 cm³/mol. The van der Waals surface area contributed by atoms with Crippen LogP contribution in [-0.4, -0.2) is 57.1 Å². The Balaban J connectivity index is 2.25. The molecule has 0 unspecified atom stereocenters. The van der Waals surface area contributed by atoms with Crippen molar-refractivity contribution >= 4 is 39.1 Å². The number of anilines is 1. The first kappa shape index (κ1) is 30.4. The van der Waals surface area contributed by atoms with Crippen molar-refractivity contribution in [3.8, 4) is 5.75 Å². The van der Waals surface area contributed by atoms with Crippen molar-refractivity contribution in [3.63, 3.8) is 0 Å². The van der Waals surface area contributed by atoms with E-state index in [1.165, 1.54) is 4.31 Å². The zero-order chi connectivity index (χ0) is 27.8. The van der Waals surface area contributed by atoms with Crippen LogP contribution in [0.4, 0.5) is 5.69 Å². The first-order valence-electron chi connectivity index (χ1n) is 12.3. The number of sulfonamides is 1. The molecular formula is C27H38ClN3O5S. The first-order chi connectivity index (χ1) is 17.4. The third kappa shape index (κ3) is 8.64. The van der Waals surface area contributed by atoms with E-state index in [-0.39, 0.29) is 43.8 Å². The standard InChI is InChI=1S/C27H38ClN3O5S/c1-7-24(27(33)29-19(2)3)30(18-21-13-15-22(36-5)16-14-21)26(32)12-9-17-31(37(6,34)35)25-11-8-10-23(28)20(25)4/h8,10-11,13-16,19,24H,7,9,12,17-18H2,1-6H3,(H,29,33)/t24-/m1/s1. The number of nitrogens with one attached hydrogen (secondary N) is 1. The molecule has 10 heteroatoms. The van der Waals surface area contributed by atoms with Gasteiger partial charge in [-0.2, -0.15) is 0 Å². The zero-order valence-electron chi connectivity index (χ0n) is 22.5. The van der Waals surface area contributed by atoms with Crippen LogP contribution in [0.15, 0.2) is 42.5 Å². The number of hydrogen-bond donors (Lipinski definition) is 1. The summed E-state index contributed by atoms with van der Waals surface area (Å²) in [6.07, 6.45) is 1.93. The van der Waals surface area contributed by atoms with Crippen LogP contribution in [0.3, 0.4) is 0 Å². The Labute approximate surface area is 226 Å². The van der Waals surface area contributed by atoms with Gasteiger partial charge >= 0.3 is 0 Å². The maximum atomic E-state index is 13.5. The van der Waals surface area contributed by atoms with Gasteiger partial charge in [0.1, 0.15) is 11.8 Å². The third-order valence-electron chi connectivity index (χ3n) is 5.99. The van der Waals surface area contributed by atoms with Gasteiger partial charge in [0.2, 0.25) is 21.8 Å². The van der Waals surface area contributed by atoms with Gasteiger partial charge in [-0.25, -0.2) is 8.42 Å². The van der Waals surface area contributed by atoms with Gasteiger partial charge in [-0.3, -0.25) is 13.9 Å². The van der Waals surface area contributed by atoms with E-state index in [1.54, 1.807) is 37.1 Å². The molecule has 2 rings (SSSR count). The number of benzene rings is 2. The van der Waals surface area contributed by atoms with Crippen LogP contribution in [0.5, 0.6) is 5.75 Å². The van der Waals surface area contributed by atoms with Crippen molar-refractivity contribution in [2.45, 2.75) is 65.6 Å². The lowest BCUT2D eigenvalue weighted by Gasteiger charge is -2.31. The average molecular weight is 552 g/mol. The second-order valence-electron chi connectivity index (χ2n) is 9.28. The van der Waals surface area contributed by atoms with Crippen molar-refractivity contribution in [1.82, 2.24) is 10.2 Å². The molecule has 0 bridgehead atoms. The lowest BCUT2D eigenvalue weighted by Crippen LogP contribution is -2.50. The van der Waals surface area contributed by atoms with Gasteiger partial charge in [0.05, 0.1) is 19.1 Å². The molecule has 0 radical (unpaired) electrons. The van der Waals surface area contributed by atoms with Crippen LogP contribution in [0.1, 0.15) is 51.2 Å². The molecule has 0 aliphatic carbocycles. The molecule has 0 spiro atoms. The minimum absolute atomic E-state index is 0.0660. The minimum Gasteiger partial charge on any atom is -0.497 e. The summed E-state index contributed by atoms with van der Waals surface area (Å²) in [6, 6.07) is 11.7. The molecule has 1 N–H and O–H groups in total. The molecule has 8 nitrogen and oxygen atoms in total. The molecule has 0 heterocycles. The highest BCUT2D eigenvalue weighted by molar-refractivity contribution is 7.92. The fourth-order valence-corrected chi connectivity index (χ4v) is 5.26. The Morgan fingerprint density at radius 1 is 1.11 bits per heavy atom. The number of amides is 2. The summed E-state index contributed by atoms with van der Waals surface area (Å²) in [4.78, 5) is 28.0. The summed E-state index contributed by atoms with van der Waals surface area (Å²) < 4.78 is 31.6. The molecule has 0 aliphatic rings. The number of nitrogens with zero attached hydrogens (tertiary/aromatic N) is 2. The Hall–Kier alpha value is -2.78. The van der Waals surface area contributed by atoms with Crippen molar-refractivity contribution in [2.24, 2.45) is 0 Å². The summed E-state index contributed by atoms with van der Waals surface area (Å²) in [5.74, 6) is 0.257. The molecule has 1 atom stereocenters. The molecule has 37 heavy (non-hydrogen) atoms. The first-order valence-corrected chi connectivity index (χ1v) is 14.6. The van der Waals surface area contributed by atoms with Gasteiger partial charge in [0, 0.05) is 30.6 Å². The van der Waals surface area contributed by atoms with E-state index < -0.39 is 16.1 Å². The van der Waals surface area contributed by atoms with E-state index in [2.05, 4.69) is 5.32 Å².